The van der Waals surface area contributed by atoms with Crippen LogP contribution in [-0.4, -0.2) is 11.7 Å². The quantitative estimate of drug-likeness (QED) is 0.840. The van der Waals surface area contributed by atoms with Gasteiger partial charge in [0.05, 0.1) is 0 Å². The zero-order chi connectivity index (χ0) is 11.6. The predicted molar refractivity (Wildman–Crippen MR) is 59.5 cm³/mol. The molecular weight excluding hydrogens is 217 g/mol. The van der Waals surface area contributed by atoms with Crippen LogP contribution >= 0.6 is 11.6 Å². The molecule has 0 spiro atoms. The average molecular weight is 232 g/mol. The highest BCUT2D eigenvalue weighted by molar-refractivity contribution is 6.31. The summed E-state index contributed by atoms with van der Waals surface area (Å²) in [6.45, 7) is 3.32. The molecule has 0 bridgehead atoms. The van der Waals surface area contributed by atoms with Crippen molar-refractivity contribution in [1.82, 2.24) is 0 Å². The van der Waals surface area contributed by atoms with Crippen molar-refractivity contribution in [3.63, 3.8) is 0 Å². The van der Waals surface area contributed by atoms with Gasteiger partial charge in [0.2, 0.25) is 0 Å². The lowest BCUT2D eigenvalue weighted by atomic mass is 9.96. The van der Waals surface area contributed by atoms with Crippen molar-refractivity contribution in [2.24, 2.45) is 5.73 Å². The summed E-state index contributed by atoms with van der Waals surface area (Å²) < 4.78 is 13.8. The molecule has 1 atom stereocenters. The molecule has 1 aromatic rings. The molecule has 0 aliphatic rings. The molecule has 0 saturated heterocycles. The van der Waals surface area contributed by atoms with Crippen molar-refractivity contribution in [3.8, 4) is 0 Å². The molecule has 0 aliphatic carbocycles. The van der Waals surface area contributed by atoms with E-state index in [1.165, 1.54) is 0 Å². The Bertz CT molecular complexity index is 342. The van der Waals surface area contributed by atoms with Gasteiger partial charge in [-0.15, -0.1) is 0 Å². The number of hydrogen-bond donors (Lipinski definition) is 2. The lowest BCUT2D eigenvalue weighted by Gasteiger charge is -2.17. The average Bonchev–Trinajstić information content (AvgIpc) is 2.16. The van der Waals surface area contributed by atoms with Crippen LogP contribution in [0, 0.1) is 19.7 Å². The molecule has 0 heterocycles. The SMILES string of the molecule is Cc1cc(Cl)c(C)c(C(N)CCO)c1F. The summed E-state index contributed by atoms with van der Waals surface area (Å²) in [7, 11) is 0. The van der Waals surface area contributed by atoms with Crippen LogP contribution in [0.3, 0.4) is 0 Å². The van der Waals surface area contributed by atoms with Gasteiger partial charge < -0.3 is 10.8 Å². The van der Waals surface area contributed by atoms with E-state index in [0.717, 1.165) is 0 Å². The molecule has 0 fully saturated rings. The maximum absolute atomic E-state index is 13.8. The van der Waals surface area contributed by atoms with Crippen LogP contribution in [0.25, 0.3) is 0 Å². The molecule has 3 N–H and O–H groups in total. The molecule has 84 valence electrons. The highest BCUT2D eigenvalue weighted by atomic mass is 35.5. The van der Waals surface area contributed by atoms with Gasteiger partial charge in [0, 0.05) is 23.2 Å². The zero-order valence-corrected chi connectivity index (χ0v) is 9.61. The second-order valence-electron chi connectivity index (χ2n) is 3.65. The Kier molecular flexibility index (Phi) is 4.08. The van der Waals surface area contributed by atoms with Crippen LogP contribution in [0.1, 0.15) is 29.2 Å². The van der Waals surface area contributed by atoms with Gasteiger partial charge in [-0.1, -0.05) is 11.6 Å². The summed E-state index contributed by atoms with van der Waals surface area (Å²) in [6, 6.07) is 1.08. The molecule has 1 rings (SSSR count). The fraction of sp³-hybridized carbons (Fsp3) is 0.455. The third-order valence-corrected chi connectivity index (χ3v) is 2.89. The first-order valence-corrected chi connectivity index (χ1v) is 5.18. The van der Waals surface area contributed by atoms with Gasteiger partial charge in [0.15, 0.2) is 0 Å². The van der Waals surface area contributed by atoms with Gasteiger partial charge in [0.1, 0.15) is 5.82 Å². The van der Waals surface area contributed by atoms with E-state index in [4.69, 9.17) is 22.4 Å². The van der Waals surface area contributed by atoms with Gasteiger partial charge in [-0.2, -0.15) is 0 Å². The number of benzene rings is 1. The van der Waals surface area contributed by atoms with Crippen molar-refractivity contribution in [1.29, 1.82) is 0 Å². The van der Waals surface area contributed by atoms with Crippen molar-refractivity contribution >= 4 is 11.6 Å². The van der Waals surface area contributed by atoms with Gasteiger partial charge in [-0.25, -0.2) is 4.39 Å². The molecule has 0 radical (unpaired) electrons. The topological polar surface area (TPSA) is 46.2 Å². The van der Waals surface area contributed by atoms with E-state index in [2.05, 4.69) is 0 Å². The molecular formula is C11H15ClFNO. The van der Waals surface area contributed by atoms with Crippen LogP contribution < -0.4 is 5.73 Å². The van der Waals surface area contributed by atoms with E-state index in [9.17, 15) is 4.39 Å². The third kappa shape index (κ3) is 2.48. The van der Waals surface area contributed by atoms with Crippen molar-refractivity contribution < 1.29 is 9.50 Å². The Labute approximate surface area is 93.9 Å². The van der Waals surface area contributed by atoms with E-state index in [1.54, 1.807) is 19.9 Å². The molecule has 15 heavy (non-hydrogen) atoms. The minimum Gasteiger partial charge on any atom is -0.396 e. The second-order valence-corrected chi connectivity index (χ2v) is 4.05. The fourth-order valence-corrected chi connectivity index (χ4v) is 1.86. The molecule has 0 aromatic heterocycles. The molecule has 1 aromatic carbocycles. The highest BCUT2D eigenvalue weighted by Crippen LogP contribution is 2.29. The first kappa shape index (κ1) is 12.4. The number of aryl methyl sites for hydroxylation is 1. The molecule has 2 nitrogen and oxygen atoms in total. The van der Waals surface area contributed by atoms with Crippen LogP contribution in [0.4, 0.5) is 4.39 Å². The lowest BCUT2D eigenvalue weighted by molar-refractivity contribution is 0.275. The Morgan fingerprint density at radius 2 is 2.13 bits per heavy atom. The predicted octanol–water partition coefficient (Wildman–Crippen LogP) is 2.48. The second kappa shape index (κ2) is 4.92. The Morgan fingerprint density at radius 3 is 2.67 bits per heavy atom. The summed E-state index contributed by atoms with van der Waals surface area (Å²) in [5, 5.41) is 9.29. The zero-order valence-electron chi connectivity index (χ0n) is 8.85. The largest absolute Gasteiger partial charge is 0.396 e. The van der Waals surface area contributed by atoms with E-state index in [0.29, 0.717) is 28.1 Å². The summed E-state index contributed by atoms with van der Waals surface area (Å²) in [4.78, 5) is 0. The van der Waals surface area contributed by atoms with Gasteiger partial charge in [0.25, 0.3) is 0 Å². The van der Waals surface area contributed by atoms with Crippen molar-refractivity contribution in [2.45, 2.75) is 26.3 Å². The summed E-state index contributed by atoms with van der Waals surface area (Å²) in [6.07, 6.45) is 0.331. The summed E-state index contributed by atoms with van der Waals surface area (Å²) >= 11 is 5.95. The number of nitrogens with two attached hydrogens (primary N) is 1. The Morgan fingerprint density at radius 1 is 1.53 bits per heavy atom. The first-order valence-electron chi connectivity index (χ1n) is 4.80. The van der Waals surface area contributed by atoms with E-state index >= 15 is 0 Å². The Balaban J connectivity index is 3.26. The van der Waals surface area contributed by atoms with Gasteiger partial charge in [-0.05, 0) is 37.5 Å². The standard InChI is InChI=1S/C11H15ClFNO/c1-6-5-8(12)7(2)10(11(6)13)9(14)3-4-15/h5,9,15H,3-4,14H2,1-2H3. The molecule has 0 aliphatic heterocycles. The van der Waals surface area contributed by atoms with E-state index < -0.39 is 6.04 Å². The normalized spacial score (nSPS) is 12.9. The number of aliphatic hydroxyl groups is 1. The van der Waals surface area contributed by atoms with E-state index in [1.807, 2.05) is 0 Å². The van der Waals surface area contributed by atoms with E-state index in [-0.39, 0.29) is 12.4 Å². The fourth-order valence-electron chi connectivity index (χ4n) is 1.59. The molecule has 0 saturated carbocycles. The number of rotatable bonds is 3. The minimum atomic E-state index is -0.507. The van der Waals surface area contributed by atoms with Crippen LogP contribution in [0.5, 0.6) is 0 Å². The summed E-state index contributed by atoms with van der Waals surface area (Å²) in [5.74, 6) is -0.321. The number of aliphatic hydroxyl groups excluding tert-OH is 1. The molecule has 4 heteroatoms. The lowest BCUT2D eigenvalue weighted by Crippen LogP contribution is -2.16. The third-order valence-electron chi connectivity index (χ3n) is 2.50. The smallest absolute Gasteiger partial charge is 0.131 e. The van der Waals surface area contributed by atoms with Crippen LogP contribution in [0.2, 0.25) is 5.02 Å². The number of halogens is 2. The highest BCUT2D eigenvalue weighted by Gasteiger charge is 2.17. The minimum absolute atomic E-state index is 0.0639. The maximum Gasteiger partial charge on any atom is 0.131 e. The van der Waals surface area contributed by atoms with Crippen LogP contribution in [0.15, 0.2) is 6.07 Å². The van der Waals surface area contributed by atoms with Gasteiger partial charge >= 0.3 is 0 Å². The maximum atomic E-state index is 13.8. The monoisotopic (exact) mass is 231 g/mol. The van der Waals surface area contributed by atoms with Crippen molar-refractivity contribution in [2.75, 3.05) is 6.61 Å². The summed E-state index contributed by atoms with van der Waals surface area (Å²) in [5.41, 5.74) is 7.33. The molecule has 1 unspecified atom stereocenters. The first-order chi connectivity index (χ1) is 6.99. The number of hydrogen-bond acceptors (Lipinski definition) is 2. The van der Waals surface area contributed by atoms with Crippen LogP contribution in [-0.2, 0) is 0 Å². The van der Waals surface area contributed by atoms with Crippen molar-refractivity contribution in [3.05, 3.63) is 33.6 Å². The molecule has 0 amide bonds. The van der Waals surface area contributed by atoms with Gasteiger partial charge in [-0.3, -0.25) is 0 Å². The Hall–Kier alpha value is -0.640.